The van der Waals surface area contributed by atoms with Gasteiger partial charge in [-0.15, -0.1) is 0 Å². The standard InChI is InChI=1S/C19H25N3O4/c1-14-11-18(24)22(19(14)25)13-15(23)12-20-7-9-21(10-8-20)16-5-3-4-6-17(16)26-2/h3-6,11,15,23H,7-10,12-13H2,1-2H3. The van der Waals surface area contributed by atoms with Gasteiger partial charge in [-0.3, -0.25) is 19.4 Å². The van der Waals surface area contributed by atoms with Crippen LogP contribution in [0.4, 0.5) is 5.69 Å². The molecule has 7 heteroatoms. The maximum Gasteiger partial charge on any atom is 0.256 e. The molecule has 0 spiro atoms. The molecule has 2 aliphatic rings. The third-order valence-corrected chi connectivity index (χ3v) is 4.85. The summed E-state index contributed by atoms with van der Waals surface area (Å²) in [5.41, 5.74) is 1.50. The molecule has 0 radical (unpaired) electrons. The normalized spacial score (nSPS) is 19.7. The summed E-state index contributed by atoms with van der Waals surface area (Å²) < 4.78 is 5.42. The van der Waals surface area contributed by atoms with E-state index >= 15 is 0 Å². The smallest absolute Gasteiger partial charge is 0.256 e. The van der Waals surface area contributed by atoms with Crippen LogP contribution in [0, 0.1) is 0 Å². The maximum absolute atomic E-state index is 11.9. The molecule has 0 saturated carbocycles. The van der Waals surface area contributed by atoms with Crippen LogP contribution in [0.2, 0.25) is 0 Å². The van der Waals surface area contributed by atoms with E-state index in [1.165, 1.54) is 6.08 Å². The van der Waals surface area contributed by atoms with Crippen molar-refractivity contribution in [2.24, 2.45) is 0 Å². The quantitative estimate of drug-likeness (QED) is 0.746. The average Bonchev–Trinajstić information content (AvgIpc) is 2.88. The number of para-hydroxylation sites is 2. The van der Waals surface area contributed by atoms with Crippen LogP contribution in [0.25, 0.3) is 0 Å². The molecule has 3 rings (SSSR count). The summed E-state index contributed by atoms with van der Waals surface area (Å²) in [6.07, 6.45) is 0.571. The number of nitrogens with zero attached hydrogens (tertiary/aromatic N) is 3. The molecule has 2 amide bonds. The van der Waals surface area contributed by atoms with Crippen LogP contribution in [0.15, 0.2) is 35.9 Å². The molecule has 1 atom stereocenters. The number of carbonyl (C=O) groups excluding carboxylic acids is 2. The first-order valence-corrected chi connectivity index (χ1v) is 8.82. The summed E-state index contributed by atoms with van der Waals surface area (Å²) in [6, 6.07) is 7.94. The molecular weight excluding hydrogens is 334 g/mol. The van der Waals surface area contributed by atoms with Crippen LogP contribution < -0.4 is 9.64 Å². The molecule has 140 valence electrons. The number of rotatable bonds is 6. The zero-order valence-electron chi connectivity index (χ0n) is 15.2. The van der Waals surface area contributed by atoms with Crippen molar-refractivity contribution < 1.29 is 19.4 Å². The predicted octanol–water partition coefficient (Wildman–Crippen LogP) is 0.493. The lowest BCUT2D eigenvalue weighted by Gasteiger charge is -2.37. The second-order valence-corrected chi connectivity index (χ2v) is 6.69. The zero-order chi connectivity index (χ0) is 18.7. The first-order chi connectivity index (χ1) is 12.5. The largest absolute Gasteiger partial charge is 0.495 e. The number of β-amino-alcohol motifs (C(OH)–C–C–N with tert-alkyl or cyclic N) is 1. The SMILES string of the molecule is COc1ccccc1N1CCN(CC(O)CN2C(=O)C=C(C)C2=O)CC1. The van der Waals surface area contributed by atoms with Crippen LogP contribution in [0.1, 0.15) is 6.92 Å². The molecule has 2 aliphatic heterocycles. The minimum absolute atomic E-state index is 0.0399. The third kappa shape index (κ3) is 3.89. The van der Waals surface area contributed by atoms with Gasteiger partial charge >= 0.3 is 0 Å². The van der Waals surface area contributed by atoms with Gasteiger partial charge in [-0.1, -0.05) is 12.1 Å². The highest BCUT2D eigenvalue weighted by molar-refractivity contribution is 6.15. The number of amides is 2. The summed E-state index contributed by atoms with van der Waals surface area (Å²) in [5, 5.41) is 10.3. The Bertz CT molecular complexity index is 710. The van der Waals surface area contributed by atoms with Crippen molar-refractivity contribution in [3.63, 3.8) is 0 Å². The van der Waals surface area contributed by atoms with Gasteiger partial charge in [0.25, 0.3) is 11.8 Å². The highest BCUT2D eigenvalue weighted by atomic mass is 16.5. The van der Waals surface area contributed by atoms with E-state index in [1.54, 1.807) is 14.0 Å². The Labute approximate surface area is 153 Å². The fourth-order valence-corrected chi connectivity index (χ4v) is 3.44. The molecule has 1 N–H and O–H groups in total. The number of methoxy groups -OCH3 is 1. The van der Waals surface area contributed by atoms with Crippen molar-refractivity contribution >= 4 is 17.5 Å². The Hall–Kier alpha value is -2.38. The Morgan fingerprint density at radius 3 is 2.42 bits per heavy atom. The molecule has 26 heavy (non-hydrogen) atoms. The molecule has 0 aromatic heterocycles. The molecule has 1 aromatic rings. The highest BCUT2D eigenvalue weighted by Crippen LogP contribution is 2.28. The molecule has 0 aliphatic carbocycles. The number of hydrogen-bond acceptors (Lipinski definition) is 6. The van der Waals surface area contributed by atoms with E-state index < -0.39 is 6.10 Å². The lowest BCUT2D eigenvalue weighted by Crippen LogP contribution is -2.50. The van der Waals surface area contributed by atoms with E-state index in [4.69, 9.17) is 4.74 Å². The number of imide groups is 1. The summed E-state index contributed by atoms with van der Waals surface area (Å²) in [4.78, 5) is 29.2. The second kappa shape index (κ2) is 7.88. The monoisotopic (exact) mass is 359 g/mol. The van der Waals surface area contributed by atoms with Gasteiger partial charge in [0.05, 0.1) is 25.4 Å². The third-order valence-electron chi connectivity index (χ3n) is 4.85. The summed E-state index contributed by atoms with van der Waals surface area (Å²) in [5.74, 6) is 0.206. The molecule has 1 fully saturated rings. The number of carbonyl (C=O) groups is 2. The van der Waals surface area contributed by atoms with Crippen molar-refractivity contribution in [3.05, 3.63) is 35.9 Å². The molecule has 2 heterocycles. The van der Waals surface area contributed by atoms with E-state index in [2.05, 4.69) is 9.80 Å². The van der Waals surface area contributed by atoms with Gasteiger partial charge in [0.1, 0.15) is 5.75 Å². The molecule has 1 aromatic carbocycles. The van der Waals surface area contributed by atoms with Crippen LogP contribution in [0.3, 0.4) is 0 Å². The molecule has 0 bridgehead atoms. The highest BCUT2D eigenvalue weighted by Gasteiger charge is 2.30. The minimum atomic E-state index is -0.750. The van der Waals surface area contributed by atoms with Gasteiger partial charge in [0, 0.05) is 44.4 Å². The molecule has 1 unspecified atom stereocenters. The zero-order valence-corrected chi connectivity index (χ0v) is 15.2. The van der Waals surface area contributed by atoms with Gasteiger partial charge in [-0.2, -0.15) is 0 Å². The van der Waals surface area contributed by atoms with Gasteiger partial charge in [-0.25, -0.2) is 0 Å². The van der Waals surface area contributed by atoms with Crippen LogP contribution in [-0.2, 0) is 9.59 Å². The summed E-state index contributed by atoms with van der Waals surface area (Å²) in [7, 11) is 1.67. The van der Waals surface area contributed by atoms with Crippen molar-refractivity contribution in [2.75, 3.05) is 51.3 Å². The number of benzene rings is 1. The van der Waals surface area contributed by atoms with E-state index in [-0.39, 0.29) is 18.4 Å². The predicted molar refractivity (Wildman–Crippen MR) is 98.1 cm³/mol. The number of anilines is 1. The number of aliphatic hydroxyl groups excluding tert-OH is 1. The molecular formula is C19H25N3O4. The Balaban J connectivity index is 1.50. The Morgan fingerprint density at radius 1 is 1.12 bits per heavy atom. The molecule has 1 saturated heterocycles. The summed E-state index contributed by atoms with van der Waals surface area (Å²) >= 11 is 0. The number of aliphatic hydroxyl groups is 1. The first kappa shape index (κ1) is 18.4. The van der Waals surface area contributed by atoms with Crippen molar-refractivity contribution in [3.8, 4) is 5.75 Å². The van der Waals surface area contributed by atoms with Crippen molar-refractivity contribution in [1.29, 1.82) is 0 Å². The minimum Gasteiger partial charge on any atom is -0.495 e. The lowest BCUT2D eigenvalue weighted by molar-refractivity contribution is -0.139. The maximum atomic E-state index is 11.9. The van der Waals surface area contributed by atoms with E-state index in [0.29, 0.717) is 12.1 Å². The number of ether oxygens (including phenoxy) is 1. The lowest BCUT2D eigenvalue weighted by atomic mass is 10.2. The number of hydrogen-bond donors (Lipinski definition) is 1. The topological polar surface area (TPSA) is 73.3 Å². The first-order valence-electron chi connectivity index (χ1n) is 8.82. The fourth-order valence-electron chi connectivity index (χ4n) is 3.44. The van der Waals surface area contributed by atoms with Crippen molar-refractivity contribution in [1.82, 2.24) is 9.80 Å². The Morgan fingerprint density at radius 2 is 1.81 bits per heavy atom. The average molecular weight is 359 g/mol. The van der Waals surface area contributed by atoms with E-state index in [0.717, 1.165) is 42.5 Å². The van der Waals surface area contributed by atoms with Crippen molar-refractivity contribution in [2.45, 2.75) is 13.0 Å². The number of piperazine rings is 1. The van der Waals surface area contributed by atoms with Gasteiger partial charge in [-0.05, 0) is 19.1 Å². The van der Waals surface area contributed by atoms with Gasteiger partial charge in [0.2, 0.25) is 0 Å². The summed E-state index contributed by atoms with van der Waals surface area (Å²) in [6.45, 7) is 5.35. The molecule has 7 nitrogen and oxygen atoms in total. The van der Waals surface area contributed by atoms with E-state index in [9.17, 15) is 14.7 Å². The van der Waals surface area contributed by atoms with Crippen LogP contribution >= 0.6 is 0 Å². The second-order valence-electron chi connectivity index (χ2n) is 6.69. The van der Waals surface area contributed by atoms with Crippen LogP contribution in [0.5, 0.6) is 5.75 Å². The Kier molecular flexibility index (Phi) is 5.58. The fraction of sp³-hybridized carbons (Fsp3) is 0.474. The van der Waals surface area contributed by atoms with Gasteiger partial charge < -0.3 is 14.7 Å². The van der Waals surface area contributed by atoms with Gasteiger partial charge in [0.15, 0.2) is 0 Å². The van der Waals surface area contributed by atoms with E-state index in [1.807, 2.05) is 24.3 Å². The van der Waals surface area contributed by atoms with Crippen LogP contribution in [-0.4, -0.2) is 79.2 Å².